The number of aliphatic hydroxyl groups excluding tert-OH is 1. The van der Waals surface area contributed by atoms with Crippen molar-refractivity contribution in [2.45, 2.75) is 13.8 Å². The number of carboxylic acids is 1. The number of aliphatic hydroxyl groups is 1. The SMILES string of the molecule is COc1cc(C)c(/C(O)=C/C(=O)C(=O)O)cc1C. The molecule has 0 amide bonds. The number of aryl methyl sites for hydroxylation is 2. The maximum atomic E-state index is 11.0. The van der Waals surface area contributed by atoms with E-state index >= 15 is 0 Å². The Bertz CT molecular complexity index is 528. The van der Waals surface area contributed by atoms with Crippen molar-refractivity contribution in [2.24, 2.45) is 0 Å². The Balaban J connectivity index is 3.22. The number of carbonyl (C=O) groups is 2. The van der Waals surface area contributed by atoms with E-state index in [4.69, 9.17) is 9.84 Å². The first-order valence-corrected chi connectivity index (χ1v) is 5.20. The Hall–Kier alpha value is -2.30. The van der Waals surface area contributed by atoms with E-state index in [1.165, 1.54) is 7.11 Å². The number of ketones is 1. The topological polar surface area (TPSA) is 83.8 Å². The predicted octanol–water partition coefficient (Wildman–Crippen LogP) is 1.86. The van der Waals surface area contributed by atoms with Gasteiger partial charge in [0.1, 0.15) is 11.5 Å². The van der Waals surface area contributed by atoms with Crippen molar-refractivity contribution in [3.8, 4) is 5.75 Å². The summed E-state index contributed by atoms with van der Waals surface area (Å²) in [6.07, 6.45) is 0.691. The summed E-state index contributed by atoms with van der Waals surface area (Å²) in [6.45, 7) is 3.51. The van der Waals surface area contributed by atoms with Crippen molar-refractivity contribution in [1.29, 1.82) is 0 Å². The molecule has 0 saturated carbocycles. The smallest absolute Gasteiger partial charge is 0.376 e. The van der Waals surface area contributed by atoms with Crippen LogP contribution in [-0.2, 0) is 9.59 Å². The summed E-state index contributed by atoms with van der Waals surface area (Å²) in [4.78, 5) is 21.4. The number of methoxy groups -OCH3 is 1. The Kier molecular flexibility index (Phi) is 4.09. The van der Waals surface area contributed by atoms with Gasteiger partial charge in [-0.1, -0.05) is 0 Å². The minimum atomic E-state index is -1.61. The number of benzene rings is 1. The molecule has 0 spiro atoms. The molecule has 0 fully saturated rings. The number of rotatable bonds is 4. The molecule has 0 aliphatic heterocycles. The number of ether oxygens (including phenoxy) is 1. The van der Waals surface area contributed by atoms with Crippen LogP contribution in [0.4, 0.5) is 0 Å². The Labute approximate surface area is 104 Å². The number of hydrogen-bond acceptors (Lipinski definition) is 4. The molecule has 0 radical (unpaired) electrons. The molecule has 5 heteroatoms. The fourth-order valence-electron chi connectivity index (χ4n) is 1.55. The van der Waals surface area contributed by atoms with Crippen molar-refractivity contribution in [3.63, 3.8) is 0 Å². The van der Waals surface area contributed by atoms with Crippen molar-refractivity contribution < 1.29 is 24.5 Å². The molecule has 2 N–H and O–H groups in total. The number of carboxylic acid groups (broad SMARTS) is 1. The van der Waals surface area contributed by atoms with Gasteiger partial charge in [-0.2, -0.15) is 0 Å². The fourth-order valence-corrected chi connectivity index (χ4v) is 1.55. The van der Waals surface area contributed by atoms with E-state index in [0.717, 1.165) is 5.56 Å². The lowest BCUT2D eigenvalue weighted by Crippen LogP contribution is -2.09. The van der Waals surface area contributed by atoms with Gasteiger partial charge in [0.25, 0.3) is 5.78 Å². The maximum absolute atomic E-state index is 11.0. The minimum absolute atomic E-state index is 0.370. The predicted molar refractivity (Wildman–Crippen MR) is 65.7 cm³/mol. The highest BCUT2D eigenvalue weighted by molar-refractivity contribution is 6.38. The van der Waals surface area contributed by atoms with E-state index in [-0.39, 0.29) is 5.76 Å². The largest absolute Gasteiger partial charge is 0.507 e. The van der Waals surface area contributed by atoms with Crippen molar-refractivity contribution in [3.05, 3.63) is 34.9 Å². The summed E-state index contributed by atoms with van der Waals surface area (Å²) in [7, 11) is 1.53. The Morgan fingerprint density at radius 1 is 1.17 bits per heavy atom. The summed E-state index contributed by atoms with van der Waals surface area (Å²) in [5.41, 5.74) is 1.87. The van der Waals surface area contributed by atoms with Gasteiger partial charge in [-0.05, 0) is 37.1 Å². The van der Waals surface area contributed by atoms with Gasteiger partial charge in [0.05, 0.1) is 7.11 Å². The molecule has 96 valence electrons. The van der Waals surface area contributed by atoms with Crippen LogP contribution >= 0.6 is 0 Å². The highest BCUT2D eigenvalue weighted by atomic mass is 16.5. The van der Waals surface area contributed by atoms with Crippen LogP contribution in [0, 0.1) is 13.8 Å². The number of carbonyl (C=O) groups excluding carboxylic acids is 1. The summed E-state index contributed by atoms with van der Waals surface area (Å²) in [6, 6.07) is 3.34. The van der Waals surface area contributed by atoms with Gasteiger partial charge in [-0.3, -0.25) is 4.79 Å². The fraction of sp³-hybridized carbons (Fsp3) is 0.231. The lowest BCUT2D eigenvalue weighted by molar-refractivity contribution is -0.146. The van der Waals surface area contributed by atoms with E-state index in [9.17, 15) is 14.7 Å². The van der Waals surface area contributed by atoms with Crippen LogP contribution in [0.25, 0.3) is 5.76 Å². The van der Waals surface area contributed by atoms with Crippen LogP contribution in [0.3, 0.4) is 0 Å². The second kappa shape index (κ2) is 5.35. The lowest BCUT2D eigenvalue weighted by Gasteiger charge is -2.10. The molecule has 0 bridgehead atoms. The normalized spacial score (nSPS) is 11.2. The molecule has 5 nitrogen and oxygen atoms in total. The second-order valence-electron chi connectivity index (χ2n) is 3.84. The zero-order valence-corrected chi connectivity index (χ0v) is 10.4. The Morgan fingerprint density at radius 3 is 2.28 bits per heavy atom. The van der Waals surface area contributed by atoms with Gasteiger partial charge in [0, 0.05) is 11.6 Å². The van der Waals surface area contributed by atoms with Gasteiger partial charge < -0.3 is 14.9 Å². The first kappa shape index (κ1) is 13.8. The molecule has 1 aromatic carbocycles. The molecular weight excluding hydrogens is 236 g/mol. The van der Waals surface area contributed by atoms with Crippen molar-refractivity contribution in [2.75, 3.05) is 7.11 Å². The van der Waals surface area contributed by atoms with Crippen molar-refractivity contribution in [1.82, 2.24) is 0 Å². The van der Waals surface area contributed by atoms with Gasteiger partial charge in [-0.25, -0.2) is 4.79 Å². The molecule has 1 rings (SSSR count). The molecule has 0 saturated heterocycles. The Morgan fingerprint density at radius 2 is 1.78 bits per heavy atom. The van der Waals surface area contributed by atoms with Crippen LogP contribution in [0.1, 0.15) is 16.7 Å². The molecule has 18 heavy (non-hydrogen) atoms. The van der Waals surface area contributed by atoms with E-state index in [0.29, 0.717) is 23.0 Å². The minimum Gasteiger partial charge on any atom is -0.507 e. The third-order valence-electron chi connectivity index (χ3n) is 2.50. The highest BCUT2D eigenvalue weighted by Crippen LogP contribution is 2.26. The summed E-state index contributed by atoms with van der Waals surface area (Å²) in [5.74, 6) is -2.48. The number of hydrogen-bond donors (Lipinski definition) is 2. The first-order valence-electron chi connectivity index (χ1n) is 5.20. The second-order valence-corrected chi connectivity index (χ2v) is 3.84. The van der Waals surface area contributed by atoms with E-state index < -0.39 is 11.8 Å². The molecule has 1 aromatic rings. The van der Waals surface area contributed by atoms with Gasteiger partial charge >= 0.3 is 5.97 Å². The standard InChI is InChI=1S/C13H14O5/c1-7-5-12(18-3)8(2)4-9(7)10(14)6-11(15)13(16)17/h4-6,14H,1-3H3,(H,16,17)/b10-6-. The first-order chi connectivity index (χ1) is 8.36. The third-order valence-corrected chi connectivity index (χ3v) is 2.50. The lowest BCUT2D eigenvalue weighted by atomic mass is 10.0. The molecule has 0 heterocycles. The molecule has 0 aromatic heterocycles. The van der Waals surface area contributed by atoms with Gasteiger partial charge in [0.2, 0.25) is 0 Å². The summed E-state index contributed by atoms with van der Waals surface area (Å²) < 4.78 is 5.12. The van der Waals surface area contributed by atoms with Crippen LogP contribution in [0.2, 0.25) is 0 Å². The third kappa shape index (κ3) is 2.88. The zero-order valence-electron chi connectivity index (χ0n) is 10.4. The highest BCUT2D eigenvalue weighted by Gasteiger charge is 2.13. The van der Waals surface area contributed by atoms with E-state index in [1.807, 2.05) is 0 Å². The molecular formula is C13H14O5. The van der Waals surface area contributed by atoms with Crippen LogP contribution in [0.15, 0.2) is 18.2 Å². The zero-order chi connectivity index (χ0) is 13.9. The average Bonchev–Trinajstić information content (AvgIpc) is 2.31. The van der Waals surface area contributed by atoms with Crippen LogP contribution in [-0.4, -0.2) is 29.1 Å². The summed E-state index contributed by atoms with van der Waals surface area (Å²) >= 11 is 0. The van der Waals surface area contributed by atoms with E-state index in [1.54, 1.807) is 26.0 Å². The number of aliphatic carboxylic acids is 1. The van der Waals surface area contributed by atoms with E-state index in [2.05, 4.69) is 0 Å². The molecule has 0 aliphatic carbocycles. The maximum Gasteiger partial charge on any atom is 0.376 e. The van der Waals surface area contributed by atoms with Crippen molar-refractivity contribution >= 4 is 17.5 Å². The van der Waals surface area contributed by atoms with Gasteiger partial charge in [0.15, 0.2) is 0 Å². The monoisotopic (exact) mass is 250 g/mol. The van der Waals surface area contributed by atoms with Crippen LogP contribution < -0.4 is 4.74 Å². The molecule has 0 atom stereocenters. The molecule has 0 aliphatic rings. The summed E-state index contributed by atoms with van der Waals surface area (Å²) in [5, 5.41) is 18.2. The average molecular weight is 250 g/mol. The van der Waals surface area contributed by atoms with Crippen LogP contribution in [0.5, 0.6) is 5.75 Å². The van der Waals surface area contributed by atoms with Gasteiger partial charge in [-0.15, -0.1) is 0 Å². The molecule has 0 unspecified atom stereocenters. The quantitative estimate of drug-likeness (QED) is 0.484.